The molecule has 0 aliphatic heterocycles. The van der Waals surface area contributed by atoms with Crippen molar-refractivity contribution in [2.45, 2.75) is 32.4 Å². The molecule has 5 heteroatoms. The molecule has 0 heterocycles. The van der Waals surface area contributed by atoms with Crippen LogP contribution in [0, 0.1) is 0 Å². The zero-order valence-corrected chi connectivity index (χ0v) is 11.1. The molecule has 0 saturated carbocycles. The molecular formula is C14H20N2O3. The van der Waals surface area contributed by atoms with Crippen LogP contribution < -0.4 is 5.73 Å². The van der Waals surface area contributed by atoms with Gasteiger partial charge in [-0.3, -0.25) is 9.59 Å². The predicted molar refractivity (Wildman–Crippen MR) is 72.4 cm³/mol. The van der Waals surface area contributed by atoms with Crippen molar-refractivity contribution in [3.05, 3.63) is 35.9 Å². The molecule has 0 spiro atoms. The molecule has 0 aliphatic rings. The highest BCUT2D eigenvalue weighted by Gasteiger charge is 2.22. The summed E-state index contributed by atoms with van der Waals surface area (Å²) in [5, 5.41) is 8.68. The Balaban J connectivity index is 2.71. The van der Waals surface area contributed by atoms with Gasteiger partial charge in [-0.25, -0.2) is 0 Å². The molecule has 1 aromatic rings. The van der Waals surface area contributed by atoms with Gasteiger partial charge in [0.15, 0.2) is 0 Å². The first-order valence-electron chi connectivity index (χ1n) is 6.34. The van der Waals surface area contributed by atoms with Crippen LogP contribution in [0.3, 0.4) is 0 Å². The Morgan fingerprint density at radius 2 is 1.95 bits per heavy atom. The van der Waals surface area contributed by atoms with Gasteiger partial charge in [-0.05, 0) is 12.0 Å². The van der Waals surface area contributed by atoms with Gasteiger partial charge in [-0.2, -0.15) is 0 Å². The highest BCUT2D eigenvalue weighted by Crippen LogP contribution is 2.07. The number of carboxylic acids is 1. The first-order chi connectivity index (χ1) is 9.04. The Bertz CT molecular complexity index is 420. The zero-order valence-electron chi connectivity index (χ0n) is 11.1. The number of benzene rings is 1. The molecule has 1 rings (SSSR count). The van der Waals surface area contributed by atoms with Crippen molar-refractivity contribution in [1.82, 2.24) is 4.90 Å². The van der Waals surface area contributed by atoms with E-state index in [1.807, 2.05) is 37.3 Å². The molecule has 104 valence electrons. The second-order valence-corrected chi connectivity index (χ2v) is 4.45. The number of amides is 1. The van der Waals surface area contributed by atoms with E-state index < -0.39 is 12.0 Å². The van der Waals surface area contributed by atoms with E-state index >= 15 is 0 Å². The molecule has 5 nitrogen and oxygen atoms in total. The minimum absolute atomic E-state index is 0.312. The van der Waals surface area contributed by atoms with Crippen LogP contribution in [0.4, 0.5) is 0 Å². The Labute approximate surface area is 113 Å². The largest absolute Gasteiger partial charge is 0.481 e. The summed E-state index contributed by atoms with van der Waals surface area (Å²) in [5.41, 5.74) is 6.64. The molecular weight excluding hydrogens is 244 g/mol. The number of carbonyl (C=O) groups excluding carboxylic acids is 1. The van der Waals surface area contributed by atoms with E-state index in [4.69, 9.17) is 10.8 Å². The Morgan fingerprint density at radius 1 is 1.32 bits per heavy atom. The quantitative estimate of drug-likeness (QED) is 0.775. The molecule has 1 aromatic carbocycles. The molecule has 0 fully saturated rings. The van der Waals surface area contributed by atoms with Crippen LogP contribution in [-0.4, -0.2) is 34.5 Å². The minimum Gasteiger partial charge on any atom is -0.481 e. The maximum Gasteiger partial charge on any atom is 0.305 e. The van der Waals surface area contributed by atoms with Crippen LogP contribution in [0.15, 0.2) is 30.3 Å². The maximum absolute atomic E-state index is 12.1. The van der Waals surface area contributed by atoms with Gasteiger partial charge in [0.05, 0.1) is 12.5 Å². The summed E-state index contributed by atoms with van der Waals surface area (Å²) in [4.78, 5) is 24.3. The number of hydrogen-bond acceptors (Lipinski definition) is 3. The minimum atomic E-state index is -1.06. The molecule has 1 atom stereocenters. The highest BCUT2D eigenvalue weighted by molar-refractivity contribution is 5.85. The van der Waals surface area contributed by atoms with Crippen LogP contribution >= 0.6 is 0 Å². The maximum atomic E-state index is 12.1. The van der Waals surface area contributed by atoms with Crippen LogP contribution in [0.2, 0.25) is 0 Å². The fourth-order valence-electron chi connectivity index (χ4n) is 1.85. The predicted octanol–water partition coefficient (Wildman–Crippen LogP) is 1.23. The van der Waals surface area contributed by atoms with Crippen LogP contribution in [-0.2, 0) is 16.1 Å². The van der Waals surface area contributed by atoms with E-state index in [2.05, 4.69) is 0 Å². The number of carboxylic acid groups (broad SMARTS) is 1. The number of aliphatic carboxylic acids is 1. The first kappa shape index (κ1) is 15.2. The summed E-state index contributed by atoms with van der Waals surface area (Å²) in [6.45, 7) is 3.00. The normalized spacial score (nSPS) is 11.9. The summed E-state index contributed by atoms with van der Waals surface area (Å²) in [6.07, 6.45) is 0.464. The molecule has 0 saturated heterocycles. The lowest BCUT2D eigenvalue weighted by Gasteiger charge is -2.25. The van der Waals surface area contributed by atoms with E-state index in [1.54, 1.807) is 4.90 Å². The van der Waals surface area contributed by atoms with Gasteiger partial charge in [0.2, 0.25) is 5.91 Å². The Morgan fingerprint density at radius 3 is 2.47 bits per heavy atom. The Kier molecular flexibility index (Phi) is 6.02. The van der Waals surface area contributed by atoms with Crippen molar-refractivity contribution in [2.75, 3.05) is 6.54 Å². The van der Waals surface area contributed by atoms with E-state index in [0.29, 0.717) is 13.1 Å². The zero-order chi connectivity index (χ0) is 14.3. The van der Waals surface area contributed by atoms with E-state index in [1.165, 1.54) is 0 Å². The van der Waals surface area contributed by atoms with Gasteiger partial charge in [0.1, 0.15) is 0 Å². The number of nitrogens with two attached hydrogens (primary N) is 1. The van der Waals surface area contributed by atoms with Crippen molar-refractivity contribution >= 4 is 11.9 Å². The number of nitrogens with zero attached hydrogens (tertiary/aromatic N) is 1. The third-order valence-electron chi connectivity index (χ3n) is 2.73. The molecule has 0 radical (unpaired) electrons. The summed E-state index contributed by atoms with van der Waals surface area (Å²) in [7, 11) is 0. The van der Waals surface area contributed by atoms with Crippen molar-refractivity contribution in [3.8, 4) is 0 Å². The van der Waals surface area contributed by atoms with E-state index in [9.17, 15) is 9.59 Å². The summed E-state index contributed by atoms with van der Waals surface area (Å²) < 4.78 is 0. The SMILES string of the molecule is CCCN(Cc1ccccc1)C(=O)C(N)CC(=O)O. The monoisotopic (exact) mass is 264 g/mol. The average Bonchev–Trinajstić information content (AvgIpc) is 2.38. The highest BCUT2D eigenvalue weighted by atomic mass is 16.4. The third-order valence-corrected chi connectivity index (χ3v) is 2.73. The lowest BCUT2D eigenvalue weighted by Crippen LogP contribution is -2.44. The van der Waals surface area contributed by atoms with Crippen LogP contribution in [0.25, 0.3) is 0 Å². The molecule has 0 aromatic heterocycles. The van der Waals surface area contributed by atoms with Crippen LogP contribution in [0.5, 0.6) is 0 Å². The van der Waals surface area contributed by atoms with Gasteiger partial charge < -0.3 is 15.7 Å². The second-order valence-electron chi connectivity index (χ2n) is 4.45. The average molecular weight is 264 g/mol. The van der Waals surface area contributed by atoms with Gasteiger partial charge in [-0.15, -0.1) is 0 Å². The number of carbonyl (C=O) groups is 2. The van der Waals surface area contributed by atoms with Crippen molar-refractivity contribution in [1.29, 1.82) is 0 Å². The molecule has 19 heavy (non-hydrogen) atoms. The molecule has 0 bridgehead atoms. The van der Waals surface area contributed by atoms with Crippen molar-refractivity contribution < 1.29 is 14.7 Å². The first-order valence-corrected chi connectivity index (χ1v) is 6.34. The third kappa shape index (κ3) is 5.09. The number of hydrogen-bond donors (Lipinski definition) is 2. The smallest absolute Gasteiger partial charge is 0.305 e. The Hall–Kier alpha value is -1.88. The lowest BCUT2D eigenvalue weighted by atomic mass is 10.1. The molecule has 0 aliphatic carbocycles. The van der Waals surface area contributed by atoms with Gasteiger partial charge in [-0.1, -0.05) is 37.3 Å². The summed E-state index contributed by atoms with van der Waals surface area (Å²) >= 11 is 0. The lowest BCUT2D eigenvalue weighted by molar-refractivity contribution is -0.142. The fraction of sp³-hybridized carbons (Fsp3) is 0.429. The summed E-state index contributed by atoms with van der Waals surface area (Å²) in [5.74, 6) is -1.37. The number of rotatable bonds is 7. The van der Waals surface area contributed by atoms with Crippen molar-refractivity contribution in [2.24, 2.45) is 5.73 Å². The van der Waals surface area contributed by atoms with Gasteiger partial charge >= 0.3 is 5.97 Å². The van der Waals surface area contributed by atoms with E-state index in [-0.39, 0.29) is 12.3 Å². The van der Waals surface area contributed by atoms with E-state index in [0.717, 1.165) is 12.0 Å². The fourth-order valence-corrected chi connectivity index (χ4v) is 1.85. The molecule has 1 amide bonds. The standard InChI is InChI=1S/C14H20N2O3/c1-2-8-16(10-11-6-4-3-5-7-11)14(19)12(15)9-13(17)18/h3-7,12H,2,8-10,15H2,1H3,(H,17,18). The van der Waals surface area contributed by atoms with Crippen molar-refractivity contribution in [3.63, 3.8) is 0 Å². The summed E-state index contributed by atoms with van der Waals surface area (Å²) in [6, 6.07) is 8.60. The van der Waals surface area contributed by atoms with Gasteiger partial charge in [0.25, 0.3) is 0 Å². The topological polar surface area (TPSA) is 83.6 Å². The molecule has 1 unspecified atom stereocenters. The molecule has 3 N–H and O–H groups in total. The van der Waals surface area contributed by atoms with Crippen LogP contribution in [0.1, 0.15) is 25.3 Å². The second kappa shape index (κ2) is 7.53. The van der Waals surface area contributed by atoms with Gasteiger partial charge in [0, 0.05) is 13.1 Å².